The fourth-order valence-electron chi connectivity index (χ4n) is 2.46. The summed E-state index contributed by atoms with van der Waals surface area (Å²) in [6.45, 7) is 2.71. The zero-order valence-corrected chi connectivity index (χ0v) is 10.2. The maximum Gasteiger partial charge on any atom is 0.222 e. The molecule has 2 N–H and O–H groups in total. The topological polar surface area (TPSA) is 71.8 Å². The molecule has 2 unspecified atom stereocenters. The van der Waals surface area contributed by atoms with Crippen LogP contribution >= 0.6 is 12.4 Å². The first kappa shape index (κ1) is 12.3. The fourth-order valence-corrected chi connectivity index (χ4v) is 2.46. The molecule has 2 atom stereocenters. The second-order valence-electron chi connectivity index (χ2n) is 4.50. The van der Waals surface area contributed by atoms with Crippen molar-refractivity contribution in [2.24, 2.45) is 11.8 Å². The Bertz CT molecular complexity index is 372. The summed E-state index contributed by atoms with van der Waals surface area (Å²) >= 11 is 0. The van der Waals surface area contributed by atoms with Gasteiger partial charge in [-0.2, -0.15) is 0 Å². The number of carbonyl (C=O) groups excluding carboxylic acids is 1. The van der Waals surface area contributed by atoms with E-state index < -0.39 is 0 Å². The second-order valence-corrected chi connectivity index (χ2v) is 4.50. The smallest absolute Gasteiger partial charge is 0.222 e. The fraction of sp³-hybridized carbons (Fsp3) is 0.700. The molecule has 1 saturated carbocycles. The molecular weight excluding hydrogens is 242 g/mol. The number of hydrogen-bond donors (Lipinski definition) is 2. The molecule has 94 valence electrons. The Morgan fingerprint density at radius 2 is 2.24 bits per heavy atom. The molecule has 7 heteroatoms. The van der Waals surface area contributed by atoms with Crippen LogP contribution in [-0.4, -0.2) is 40.0 Å². The summed E-state index contributed by atoms with van der Waals surface area (Å²) in [5.74, 6) is 1.47. The molecule has 0 radical (unpaired) electrons. The highest BCUT2D eigenvalue weighted by atomic mass is 35.5. The number of piperidine rings is 1. The number of carbonyl (C=O) groups is 1. The lowest BCUT2D eigenvalue weighted by Gasteiger charge is -2.07. The van der Waals surface area contributed by atoms with E-state index in [1.807, 2.05) is 0 Å². The number of amides is 1. The highest BCUT2D eigenvalue weighted by molar-refractivity contribution is 5.85. The third kappa shape index (κ3) is 2.58. The lowest BCUT2D eigenvalue weighted by molar-refractivity contribution is -0.121. The van der Waals surface area contributed by atoms with Gasteiger partial charge in [-0.15, -0.1) is 17.5 Å². The molecular formula is C10H16ClN5O. The molecule has 1 saturated heterocycles. The summed E-state index contributed by atoms with van der Waals surface area (Å²) < 4.78 is 1.68. The molecule has 3 rings (SSSR count). The van der Waals surface area contributed by atoms with Crippen molar-refractivity contribution in [3.05, 3.63) is 12.4 Å². The molecule has 0 spiro atoms. The minimum atomic E-state index is 0. The van der Waals surface area contributed by atoms with Crippen molar-refractivity contribution in [2.75, 3.05) is 13.1 Å². The normalized spacial score (nSPS) is 29.3. The third-order valence-electron chi connectivity index (χ3n) is 3.46. The van der Waals surface area contributed by atoms with Crippen molar-refractivity contribution in [1.82, 2.24) is 25.6 Å². The quantitative estimate of drug-likeness (QED) is 0.757. The molecule has 1 aromatic heterocycles. The maximum absolute atomic E-state index is 11.6. The van der Waals surface area contributed by atoms with E-state index in [9.17, 15) is 4.79 Å². The number of fused-ring (bicyclic) bond motifs is 1. The molecule has 0 bridgehead atoms. The predicted octanol–water partition coefficient (Wildman–Crippen LogP) is -0.576. The summed E-state index contributed by atoms with van der Waals surface area (Å²) in [6, 6.07) is 0.421. The Labute approximate surface area is 106 Å². The Morgan fingerprint density at radius 1 is 1.47 bits per heavy atom. The SMILES string of the molecule is Cl.O=C(CCn1ccnn1)NC1C2CNCC21. The van der Waals surface area contributed by atoms with E-state index in [4.69, 9.17) is 0 Å². The van der Waals surface area contributed by atoms with E-state index in [1.54, 1.807) is 17.1 Å². The van der Waals surface area contributed by atoms with Gasteiger partial charge in [-0.05, 0) is 11.8 Å². The summed E-state index contributed by atoms with van der Waals surface area (Å²) in [5.41, 5.74) is 0. The van der Waals surface area contributed by atoms with Gasteiger partial charge in [-0.3, -0.25) is 9.48 Å². The number of aromatic nitrogens is 3. The first-order valence-corrected chi connectivity index (χ1v) is 5.69. The van der Waals surface area contributed by atoms with Gasteiger partial charge in [0.05, 0.1) is 12.7 Å². The van der Waals surface area contributed by atoms with Crippen molar-refractivity contribution in [1.29, 1.82) is 0 Å². The maximum atomic E-state index is 11.6. The van der Waals surface area contributed by atoms with Crippen LogP contribution in [0.25, 0.3) is 0 Å². The van der Waals surface area contributed by atoms with Crippen LogP contribution in [0, 0.1) is 11.8 Å². The molecule has 6 nitrogen and oxygen atoms in total. The molecule has 2 fully saturated rings. The van der Waals surface area contributed by atoms with E-state index >= 15 is 0 Å². The Kier molecular flexibility index (Phi) is 3.63. The molecule has 17 heavy (non-hydrogen) atoms. The Morgan fingerprint density at radius 3 is 2.88 bits per heavy atom. The lowest BCUT2D eigenvalue weighted by Crippen LogP contribution is -2.32. The van der Waals surface area contributed by atoms with Gasteiger partial charge in [-0.25, -0.2) is 0 Å². The van der Waals surface area contributed by atoms with Gasteiger partial charge < -0.3 is 10.6 Å². The monoisotopic (exact) mass is 257 g/mol. The minimum absolute atomic E-state index is 0. The van der Waals surface area contributed by atoms with Gasteiger partial charge in [0.1, 0.15) is 0 Å². The van der Waals surface area contributed by atoms with Crippen LogP contribution in [0.4, 0.5) is 0 Å². The summed E-state index contributed by atoms with van der Waals surface area (Å²) in [6.07, 6.45) is 3.87. The largest absolute Gasteiger partial charge is 0.353 e. The number of nitrogens with one attached hydrogen (secondary N) is 2. The van der Waals surface area contributed by atoms with Crippen molar-refractivity contribution >= 4 is 18.3 Å². The van der Waals surface area contributed by atoms with E-state index in [0.29, 0.717) is 30.8 Å². The average Bonchev–Trinajstić information content (AvgIpc) is 2.80. The first-order chi connectivity index (χ1) is 7.84. The molecule has 1 aliphatic heterocycles. The number of hydrogen-bond acceptors (Lipinski definition) is 4. The number of nitrogens with zero attached hydrogens (tertiary/aromatic N) is 3. The van der Waals surface area contributed by atoms with Crippen LogP contribution in [0.3, 0.4) is 0 Å². The zero-order chi connectivity index (χ0) is 11.0. The second kappa shape index (κ2) is 5.01. The molecule has 2 aliphatic rings. The van der Waals surface area contributed by atoms with Crippen LogP contribution in [-0.2, 0) is 11.3 Å². The number of rotatable bonds is 4. The highest BCUT2D eigenvalue weighted by Crippen LogP contribution is 2.41. The van der Waals surface area contributed by atoms with Crippen molar-refractivity contribution in [2.45, 2.75) is 19.0 Å². The van der Waals surface area contributed by atoms with Crippen LogP contribution in [0.5, 0.6) is 0 Å². The highest BCUT2D eigenvalue weighted by Gasteiger charge is 2.53. The predicted molar refractivity (Wildman–Crippen MR) is 63.7 cm³/mol. The van der Waals surface area contributed by atoms with Crippen LogP contribution in [0.15, 0.2) is 12.4 Å². The minimum Gasteiger partial charge on any atom is -0.353 e. The van der Waals surface area contributed by atoms with E-state index in [1.165, 1.54) is 0 Å². The molecule has 1 aliphatic carbocycles. The van der Waals surface area contributed by atoms with Crippen LogP contribution in [0.1, 0.15) is 6.42 Å². The van der Waals surface area contributed by atoms with Gasteiger partial charge in [0, 0.05) is 31.7 Å². The van der Waals surface area contributed by atoms with Crippen molar-refractivity contribution in [3.63, 3.8) is 0 Å². The van der Waals surface area contributed by atoms with Crippen molar-refractivity contribution in [3.8, 4) is 0 Å². The summed E-state index contributed by atoms with van der Waals surface area (Å²) in [4.78, 5) is 11.6. The Balaban J connectivity index is 0.00000108. The van der Waals surface area contributed by atoms with Crippen LogP contribution < -0.4 is 10.6 Å². The third-order valence-corrected chi connectivity index (χ3v) is 3.46. The summed E-state index contributed by atoms with van der Waals surface area (Å²) in [5, 5.41) is 13.9. The van der Waals surface area contributed by atoms with Crippen molar-refractivity contribution < 1.29 is 4.79 Å². The average molecular weight is 258 g/mol. The Hall–Kier alpha value is -1.14. The van der Waals surface area contributed by atoms with Gasteiger partial charge >= 0.3 is 0 Å². The molecule has 1 aromatic rings. The molecule has 2 heterocycles. The van der Waals surface area contributed by atoms with Gasteiger partial charge in [0.2, 0.25) is 5.91 Å². The van der Waals surface area contributed by atoms with E-state index in [0.717, 1.165) is 13.1 Å². The number of halogens is 1. The van der Waals surface area contributed by atoms with Crippen LogP contribution in [0.2, 0.25) is 0 Å². The van der Waals surface area contributed by atoms with E-state index in [2.05, 4.69) is 20.9 Å². The van der Waals surface area contributed by atoms with Gasteiger partial charge in [0.15, 0.2) is 0 Å². The van der Waals surface area contributed by atoms with Gasteiger partial charge in [0.25, 0.3) is 0 Å². The molecule has 0 aromatic carbocycles. The zero-order valence-electron chi connectivity index (χ0n) is 9.37. The summed E-state index contributed by atoms with van der Waals surface area (Å²) in [7, 11) is 0. The van der Waals surface area contributed by atoms with E-state index in [-0.39, 0.29) is 18.3 Å². The molecule has 1 amide bonds. The lowest BCUT2D eigenvalue weighted by atomic mass is 10.3. The standard InChI is InChI=1S/C10H15N5O.ClH/c16-9(1-3-15-4-2-12-14-15)13-10-7-5-11-6-8(7)10;/h2,4,7-8,10-11H,1,3,5-6H2,(H,13,16);1H. The van der Waals surface area contributed by atoms with Gasteiger partial charge in [-0.1, -0.05) is 5.21 Å². The first-order valence-electron chi connectivity index (χ1n) is 5.69. The number of aryl methyl sites for hydroxylation is 1.